The molecule has 162 valence electrons. The number of fused-ring (bicyclic) bond motifs is 1. The Morgan fingerprint density at radius 3 is 2.35 bits per heavy atom. The zero-order chi connectivity index (χ0) is 21.8. The number of carbonyl (C=O) groups excluding carboxylic acids is 1. The van der Waals surface area contributed by atoms with Crippen LogP contribution in [0.1, 0.15) is 26.2 Å². The Morgan fingerprint density at radius 1 is 1.00 bits per heavy atom. The van der Waals surface area contributed by atoms with Crippen molar-refractivity contribution in [2.24, 2.45) is 0 Å². The lowest BCUT2D eigenvalue weighted by Crippen LogP contribution is -2.32. The first kappa shape index (κ1) is 21.3. The normalized spacial score (nSPS) is 15.6. The van der Waals surface area contributed by atoms with Gasteiger partial charge in [-0.3, -0.25) is 4.79 Å². The number of amides is 1. The second kappa shape index (κ2) is 9.08. The number of sulfonamides is 1. The summed E-state index contributed by atoms with van der Waals surface area (Å²) in [4.78, 5) is 13.0. The number of carbonyl (C=O) groups is 1. The van der Waals surface area contributed by atoms with Gasteiger partial charge in [-0.2, -0.15) is 4.31 Å². The summed E-state index contributed by atoms with van der Waals surface area (Å²) in [5.41, 5.74) is 0.533. The molecule has 1 saturated heterocycles. The zero-order valence-electron chi connectivity index (χ0n) is 17.5. The van der Waals surface area contributed by atoms with Gasteiger partial charge in [0.15, 0.2) is 6.10 Å². The molecule has 0 radical (unpaired) electrons. The van der Waals surface area contributed by atoms with Crippen LogP contribution in [0.3, 0.4) is 0 Å². The molecule has 4 rings (SSSR count). The number of hydrogen-bond acceptors (Lipinski definition) is 4. The van der Waals surface area contributed by atoms with Gasteiger partial charge in [0.2, 0.25) is 10.0 Å². The van der Waals surface area contributed by atoms with Crippen LogP contribution in [0.5, 0.6) is 5.75 Å². The van der Waals surface area contributed by atoms with Crippen LogP contribution < -0.4 is 10.1 Å². The molecule has 3 aromatic carbocycles. The minimum Gasteiger partial charge on any atom is -0.481 e. The summed E-state index contributed by atoms with van der Waals surface area (Å²) in [6.45, 7) is 3.01. The summed E-state index contributed by atoms with van der Waals surface area (Å²) in [5.74, 6) is 0.360. The molecule has 0 saturated carbocycles. The van der Waals surface area contributed by atoms with E-state index in [4.69, 9.17) is 4.74 Å². The summed E-state index contributed by atoms with van der Waals surface area (Å²) in [7, 11) is -3.47. The molecule has 1 N–H and O–H groups in total. The first-order valence-corrected chi connectivity index (χ1v) is 12.0. The molecule has 1 unspecified atom stereocenters. The van der Waals surface area contributed by atoms with Crippen molar-refractivity contribution < 1.29 is 17.9 Å². The zero-order valence-corrected chi connectivity index (χ0v) is 18.3. The van der Waals surface area contributed by atoms with Crippen LogP contribution in [0.4, 0.5) is 5.69 Å². The fraction of sp³-hybridized carbons (Fsp3) is 0.292. The van der Waals surface area contributed by atoms with E-state index in [9.17, 15) is 13.2 Å². The van der Waals surface area contributed by atoms with Crippen molar-refractivity contribution in [1.29, 1.82) is 0 Å². The highest BCUT2D eigenvalue weighted by atomic mass is 32.2. The quantitative estimate of drug-likeness (QED) is 0.592. The van der Waals surface area contributed by atoms with Gasteiger partial charge in [0, 0.05) is 18.8 Å². The average Bonchev–Trinajstić information content (AvgIpc) is 3.33. The Labute approximate surface area is 182 Å². The van der Waals surface area contributed by atoms with Crippen LogP contribution in [0, 0.1) is 0 Å². The van der Waals surface area contributed by atoms with Gasteiger partial charge in [-0.25, -0.2) is 8.42 Å². The van der Waals surface area contributed by atoms with Crippen molar-refractivity contribution in [2.45, 2.75) is 37.2 Å². The lowest BCUT2D eigenvalue weighted by molar-refractivity contribution is -0.122. The highest BCUT2D eigenvalue weighted by Crippen LogP contribution is 2.24. The van der Waals surface area contributed by atoms with Gasteiger partial charge in [-0.05, 0) is 66.4 Å². The summed E-state index contributed by atoms with van der Waals surface area (Å²) >= 11 is 0. The van der Waals surface area contributed by atoms with E-state index in [1.165, 1.54) is 16.4 Å². The second-order valence-corrected chi connectivity index (χ2v) is 9.59. The first-order chi connectivity index (χ1) is 15.0. The number of benzene rings is 3. The summed E-state index contributed by atoms with van der Waals surface area (Å²) < 4.78 is 32.7. The summed E-state index contributed by atoms with van der Waals surface area (Å²) in [5, 5.41) is 4.98. The minimum absolute atomic E-state index is 0.242. The van der Waals surface area contributed by atoms with E-state index >= 15 is 0 Å². The molecule has 1 aliphatic heterocycles. The topological polar surface area (TPSA) is 75.7 Å². The standard InChI is InChI=1S/C24H26N2O4S/c1-2-23(30-21-12-9-18-7-3-4-8-19(18)17-21)24(27)25-20-10-13-22(14-11-20)31(28,29)26-15-5-6-16-26/h3-4,7-14,17,23H,2,5-6,15-16H2,1H3,(H,25,27). The van der Waals surface area contributed by atoms with Crippen molar-refractivity contribution >= 4 is 32.4 Å². The fourth-order valence-electron chi connectivity index (χ4n) is 3.74. The molecule has 0 aromatic heterocycles. The Balaban J connectivity index is 1.43. The lowest BCUT2D eigenvalue weighted by Gasteiger charge is -2.18. The average molecular weight is 439 g/mol. The maximum Gasteiger partial charge on any atom is 0.265 e. The maximum atomic E-state index is 12.7. The predicted molar refractivity (Wildman–Crippen MR) is 122 cm³/mol. The lowest BCUT2D eigenvalue weighted by atomic mass is 10.1. The van der Waals surface area contributed by atoms with Gasteiger partial charge < -0.3 is 10.1 Å². The van der Waals surface area contributed by atoms with Crippen molar-refractivity contribution in [3.63, 3.8) is 0 Å². The molecule has 1 amide bonds. The van der Waals surface area contributed by atoms with Gasteiger partial charge >= 0.3 is 0 Å². The van der Waals surface area contributed by atoms with Crippen LogP contribution in [-0.4, -0.2) is 37.8 Å². The van der Waals surface area contributed by atoms with E-state index in [-0.39, 0.29) is 10.8 Å². The molecule has 0 bridgehead atoms. The smallest absolute Gasteiger partial charge is 0.265 e. The molecule has 0 spiro atoms. The van der Waals surface area contributed by atoms with Gasteiger partial charge in [-0.1, -0.05) is 37.3 Å². The Kier molecular flexibility index (Phi) is 6.25. The third-order valence-electron chi connectivity index (χ3n) is 5.49. The number of anilines is 1. The number of nitrogens with zero attached hydrogens (tertiary/aromatic N) is 1. The SMILES string of the molecule is CCC(Oc1ccc2ccccc2c1)C(=O)Nc1ccc(S(=O)(=O)N2CCCC2)cc1. The monoisotopic (exact) mass is 438 g/mol. The predicted octanol–water partition coefficient (Wildman–Crippen LogP) is 4.42. The number of rotatable bonds is 7. The molecule has 31 heavy (non-hydrogen) atoms. The van der Waals surface area contributed by atoms with Crippen molar-refractivity contribution in [1.82, 2.24) is 4.31 Å². The van der Waals surface area contributed by atoms with Gasteiger partial charge in [0.05, 0.1) is 4.90 Å². The largest absolute Gasteiger partial charge is 0.481 e. The number of hydrogen-bond donors (Lipinski definition) is 1. The van der Waals surface area contributed by atoms with E-state index in [0.29, 0.717) is 30.9 Å². The van der Waals surface area contributed by atoms with E-state index in [1.54, 1.807) is 12.1 Å². The van der Waals surface area contributed by atoms with Gasteiger partial charge in [-0.15, -0.1) is 0 Å². The molecule has 1 fully saturated rings. The number of nitrogens with one attached hydrogen (secondary N) is 1. The van der Waals surface area contributed by atoms with Gasteiger partial charge in [0.1, 0.15) is 5.75 Å². The molecule has 1 aliphatic rings. The molecule has 1 heterocycles. The van der Waals surface area contributed by atoms with Gasteiger partial charge in [0.25, 0.3) is 5.91 Å². The molecular formula is C24H26N2O4S. The Bertz CT molecular complexity index is 1170. The van der Waals surface area contributed by atoms with E-state index in [2.05, 4.69) is 5.32 Å². The Morgan fingerprint density at radius 2 is 1.68 bits per heavy atom. The summed E-state index contributed by atoms with van der Waals surface area (Å²) in [6, 6.07) is 20.0. The second-order valence-electron chi connectivity index (χ2n) is 7.65. The molecule has 6 nitrogen and oxygen atoms in total. The van der Waals surface area contributed by atoms with Crippen LogP contribution in [0.2, 0.25) is 0 Å². The minimum atomic E-state index is -3.47. The summed E-state index contributed by atoms with van der Waals surface area (Å²) in [6.07, 6.45) is 1.63. The first-order valence-electron chi connectivity index (χ1n) is 10.5. The highest BCUT2D eigenvalue weighted by Gasteiger charge is 2.27. The third-order valence-corrected chi connectivity index (χ3v) is 7.40. The molecule has 0 aliphatic carbocycles. The number of ether oxygens (including phenoxy) is 1. The van der Waals surface area contributed by atoms with E-state index in [1.807, 2.05) is 49.4 Å². The molecular weight excluding hydrogens is 412 g/mol. The van der Waals surface area contributed by atoms with Crippen LogP contribution >= 0.6 is 0 Å². The maximum absolute atomic E-state index is 12.7. The van der Waals surface area contributed by atoms with Crippen LogP contribution in [0.15, 0.2) is 71.6 Å². The highest BCUT2D eigenvalue weighted by molar-refractivity contribution is 7.89. The van der Waals surface area contributed by atoms with Crippen molar-refractivity contribution in [2.75, 3.05) is 18.4 Å². The fourth-order valence-corrected chi connectivity index (χ4v) is 5.25. The van der Waals surface area contributed by atoms with E-state index < -0.39 is 16.1 Å². The third kappa shape index (κ3) is 4.73. The molecule has 1 atom stereocenters. The van der Waals surface area contributed by atoms with Crippen LogP contribution in [0.25, 0.3) is 10.8 Å². The molecule has 3 aromatic rings. The molecule has 7 heteroatoms. The van der Waals surface area contributed by atoms with E-state index in [0.717, 1.165) is 23.6 Å². The van der Waals surface area contributed by atoms with Crippen molar-refractivity contribution in [3.8, 4) is 5.75 Å². The van der Waals surface area contributed by atoms with Crippen molar-refractivity contribution in [3.05, 3.63) is 66.7 Å². The Hall–Kier alpha value is -2.90. The van der Waals surface area contributed by atoms with Crippen LogP contribution in [-0.2, 0) is 14.8 Å².